The molecule has 1 N–H and O–H groups in total. The molecule has 1 aromatic rings. The van der Waals surface area contributed by atoms with Gasteiger partial charge in [-0.3, -0.25) is 0 Å². The Morgan fingerprint density at radius 2 is 1.80 bits per heavy atom. The third-order valence-corrected chi connectivity index (χ3v) is 2.70. The third kappa shape index (κ3) is 5.91. The van der Waals surface area contributed by atoms with Crippen molar-refractivity contribution < 1.29 is 14.6 Å². The van der Waals surface area contributed by atoms with Crippen molar-refractivity contribution in [2.45, 2.75) is 53.6 Å². The smallest absolute Gasteiger partial charge is 0.335 e. The average Bonchev–Trinajstić information content (AvgIpc) is 2.28. The minimum atomic E-state index is -0.952. The minimum absolute atomic E-state index is 0.234. The number of hydrogen-bond acceptors (Lipinski definition) is 2. The minimum Gasteiger partial charge on any atom is -0.484 e. The SMILES string of the molecule is C=C(C)C(C)(C)Oc1cc(C)cc(C(=O)O)c1.CCC. The Kier molecular flexibility index (Phi) is 7.05. The molecule has 0 spiro atoms. The Morgan fingerprint density at radius 1 is 1.30 bits per heavy atom. The molecule has 3 nitrogen and oxygen atoms in total. The maximum atomic E-state index is 10.9. The van der Waals surface area contributed by atoms with Crippen LogP contribution in [0.2, 0.25) is 0 Å². The lowest BCUT2D eigenvalue weighted by Crippen LogP contribution is -2.29. The summed E-state index contributed by atoms with van der Waals surface area (Å²) in [5.74, 6) is -0.401. The largest absolute Gasteiger partial charge is 0.484 e. The summed E-state index contributed by atoms with van der Waals surface area (Å²) in [5.41, 5.74) is 1.47. The number of carbonyl (C=O) groups is 1. The summed E-state index contributed by atoms with van der Waals surface area (Å²) >= 11 is 0. The normalized spacial score (nSPS) is 10.3. The number of rotatable bonds is 4. The van der Waals surface area contributed by atoms with Gasteiger partial charge in [-0.15, -0.1) is 0 Å². The van der Waals surface area contributed by atoms with Gasteiger partial charge in [0.2, 0.25) is 0 Å². The second-order valence-corrected chi connectivity index (χ2v) is 5.44. The van der Waals surface area contributed by atoms with Gasteiger partial charge in [-0.1, -0.05) is 26.8 Å². The number of benzene rings is 1. The monoisotopic (exact) mass is 278 g/mol. The molecule has 112 valence electrons. The van der Waals surface area contributed by atoms with Gasteiger partial charge in [0.1, 0.15) is 11.4 Å². The molecule has 0 amide bonds. The molecule has 0 unspecified atom stereocenters. The zero-order valence-corrected chi connectivity index (χ0v) is 13.4. The molecule has 20 heavy (non-hydrogen) atoms. The lowest BCUT2D eigenvalue weighted by atomic mass is 10.0. The van der Waals surface area contributed by atoms with E-state index in [1.807, 2.05) is 33.8 Å². The van der Waals surface area contributed by atoms with Crippen LogP contribution in [0.25, 0.3) is 0 Å². The first-order valence-corrected chi connectivity index (χ1v) is 6.84. The van der Waals surface area contributed by atoms with Crippen LogP contribution in [0.15, 0.2) is 30.4 Å². The third-order valence-electron chi connectivity index (χ3n) is 2.70. The van der Waals surface area contributed by atoms with Gasteiger partial charge in [0.15, 0.2) is 0 Å². The van der Waals surface area contributed by atoms with E-state index in [9.17, 15) is 4.79 Å². The summed E-state index contributed by atoms with van der Waals surface area (Å²) in [5, 5.41) is 8.97. The fourth-order valence-corrected chi connectivity index (χ4v) is 1.31. The molecule has 0 aliphatic carbocycles. The van der Waals surface area contributed by atoms with Crippen molar-refractivity contribution in [1.82, 2.24) is 0 Å². The Labute approximate surface area is 122 Å². The maximum absolute atomic E-state index is 10.9. The van der Waals surface area contributed by atoms with Gasteiger partial charge in [0.05, 0.1) is 5.56 Å². The quantitative estimate of drug-likeness (QED) is 0.801. The van der Waals surface area contributed by atoms with Gasteiger partial charge in [-0.05, 0) is 57.0 Å². The van der Waals surface area contributed by atoms with Gasteiger partial charge < -0.3 is 9.84 Å². The van der Waals surface area contributed by atoms with Crippen molar-refractivity contribution in [3.05, 3.63) is 41.5 Å². The highest BCUT2D eigenvalue weighted by atomic mass is 16.5. The van der Waals surface area contributed by atoms with Crippen LogP contribution in [-0.2, 0) is 0 Å². The van der Waals surface area contributed by atoms with E-state index in [2.05, 4.69) is 20.4 Å². The van der Waals surface area contributed by atoms with Crippen molar-refractivity contribution in [1.29, 1.82) is 0 Å². The Hall–Kier alpha value is -1.77. The van der Waals surface area contributed by atoms with Crippen LogP contribution >= 0.6 is 0 Å². The van der Waals surface area contributed by atoms with Crippen molar-refractivity contribution >= 4 is 5.97 Å². The molecule has 1 aromatic carbocycles. The number of hydrogen-bond donors (Lipinski definition) is 1. The number of carboxylic acids is 1. The molecule has 0 radical (unpaired) electrons. The van der Waals surface area contributed by atoms with E-state index < -0.39 is 11.6 Å². The van der Waals surface area contributed by atoms with E-state index in [1.54, 1.807) is 6.07 Å². The molecule has 0 aliphatic rings. The summed E-state index contributed by atoms with van der Waals surface area (Å²) in [7, 11) is 0. The highest BCUT2D eigenvalue weighted by molar-refractivity contribution is 5.88. The molecule has 0 atom stereocenters. The number of aromatic carboxylic acids is 1. The second-order valence-electron chi connectivity index (χ2n) is 5.44. The van der Waals surface area contributed by atoms with Crippen LogP contribution in [-0.4, -0.2) is 16.7 Å². The zero-order chi connectivity index (χ0) is 15.9. The highest BCUT2D eigenvalue weighted by Gasteiger charge is 2.21. The van der Waals surface area contributed by atoms with E-state index in [1.165, 1.54) is 12.5 Å². The maximum Gasteiger partial charge on any atom is 0.335 e. The molecule has 0 saturated heterocycles. The predicted molar refractivity (Wildman–Crippen MR) is 83.6 cm³/mol. The summed E-state index contributed by atoms with van der Waals surface area (Å²) in [6.45, 7) is 15.6. The summed E-state index contributed by atoms with van der Waals surface area (Å²) in [6.07, 6.45) is 1.25. The van der Waals surface area contributed by atoms with Crippen molar-refractivity contribution in [2.75, 3.05) is 0 Å². The average molecular weight is 278 g/mol. The number of aryl methyl sites for hydroxylation is 1. The van der Waals surface area contributed by atoms with Crippen molar-refractivity contribution in [2.24, 2.45) is 0 Å². The van der Waals surface area contributed by atoms with Crippen LogP contribution in [0.3, 0.4) is 0 Å². The molecule has 0 saturated carbocycles. The highest BCUT2D eigenvalue weighted by Crippen LogP contribution is 2.25. The standard InChI is InChI=1S/C14H18O3.C3H8/c1-9(2)14(4,5)17-12-7-10(3)6-11(8-12)13(15)16;1-3-2/h6-8H,1H2,2-5H3,(H,15,16);3H2,1-2H3. The molecule has 0 heterocycles. The topological polar surface area (TPSA) is 46.5 Å². The lowest BCUT2D eigenvalue weighted by molar-refractivity contribution is 0.0695. The van der Waals surface area contributed by atoms with Crippen LogP contribution in [0, 0.1) is 6.92 Å². The fraction of sp³-hybridized carbons (Fsp3) is 0.471. The van der Waals surface area contributed by atoms with E-state index >= 15 is 0 Å². The van der Waals surface area contributed by atoms with E-state index in [4.69, 9.17) is 9.84 Å². The van der Waals surface area contributed by atoms with Crippen LogP contribution in [0.4, 0.5) is 0 Å². The molecule has 0 aliphatic heterocycles. The summed E-state index contributed by atoms with van der Waals surface area (Å²) in [4.78, 5) is 10.9. The molecule has 0 bridgehead atoms. The first-order valence-electron chi connectivity index (χ1n) is 6.84. The molecule has 0 fully saturated rings. The summed E-state index contributed by atoms with van der Waals surface area (Å²) in [6, 6.07) is 4.96. The van der Waals surface area contributed by atoms with Gasteiger partial charge in [-0.25, -0.2) is 4.79 Å². The first kappa shape index (κ1) is 18.2. The predicted octanol–water partition coefficient (Wildman–Crippen LogP) is 4.84. The first-order chi connectivity index (χ1) is 9.13. The molecule has 0 aromatic heterocycles. The number of carboxylic acid groups (broad SMARTS) is 1. The molecular weight excluding hydrogens is 252 g/mol. The fourth-order valence-electron chi connectivity index (χ4n) is 1.31. The molecule has 3 heteroatoms. The molecule has 1 rings (SSSR count). The lowest BCUT2D eigenvalue weighted by Gasteiger charge is -2.27. The Morgan fingerprint density at radius 3 is 2.20 bits per heavy atom. The van der Waals surface area contributed by atoms with Gasteiger partial charge in [-0.2, -0.15) is 0 Å². The van der Waals surface area contributed by atoms with Gasteiger partial charge >= 0.3 is 5.97 Å². The second kappa shape index (κ2) is 7.73. The van der Waals surface area contributed by atoms with Gasteiger partial charge in [0, 0.05) is 0 Å². The van der Waals surface area contributed by atoms with Crippen LogP contribution in [0.1, 0.15) is 57.0 Å². The Bertz CT molecular complexity index is 473. The Balaban J connectivity index is 0.00000110. The molecular formula is C17H26O3. The van der Waals surface area contributed by atoms with Crippen molar-refractivity contribution in [3.8, 4) is 5.75 Å². The van der Waals surface area contributed by atoms with Crippen LogP contribution in [0.5, 0.6) is 5.75 Å². The zero-order valence-electron chi connectivity index (χ0n) is 13.4. The summed E-state index contributed by atoms with van der Waals surface area (Å²) < 4.78 is 5.77. The number of ether oxygens (including phenoxy) is 1. The van der Waals surface area contributed by atoms with Gasteiger partial charge in [0.25, 0.3) is 0 Å². The van der Waals surface area contributed by atoms with E-state index in [-0.39, 0.29) is 5.56 Å². The van der Waals surface area contributed by atoms with Crippen molar-refractivity contribution in [3.63, 3.8) is 0 Å². The van der Waals surface area contributed by atoms with E-state index in [0.29, 0.717) is 5.75 Å². The van der Waals surface area contributed by atoms with E-state index in [0.717, 1.165) is 11.1 Å². The van der Waals surface area contributed by atoms with Crippen LogP contribution < -0.4 is 4.74 Å².